The molecule has 19 heavy (non-hydrogen) atoms. The Hall–Kier alpha value is -1.90. The van der Waals surface area contributed by atoms with Gasteiger partial charge in [-0.2, -0.15) is 5.26 Å². The van der Waals surface area contributed by atoms with Crippen molar-refractivity contribution in [1.82, 2.24) is 4.98 Å². The third-order valence-corrected chi connectivity index (χ3v) is 3.19. The largest absolute Gasteiger partial charge is 0.320 e. The molecule has 1 N–H and O–H groups in total. The zero-order chi connectivity index (χ0) is 13.8. The van der Waals surface area contributed by atoms with Crippen molar-refractivity contribution >= 4 is 39.1 Å². The number of hydrogen-bond donors (Lipinski definition) is 1. The number of carbonyl (C=O) groups excluding carboxylic acids is 1. The number of nitriles is 1. The van der Waals surface area contributed by atoms with Crippen LogP contribution in [0.15, 0.2) is 41.0 Å². The molecule has 1 aromatic carbocycles. The van der Waals surface area contributed by atoms with E-state index in [9.17, 15) is 4.79 Å². The van der Waals surface area contributed by atoms with Crippen molar-refractivity contribution in [3.63, 3.8) is 0 Å². The second-order valence-electron chi connectivity index (χ2n) is 3.62. The Morgan fingerprint density at radius 2 is 2.16 bits per heavy atom. The quantitative estimate of drug-likeness (QED) is 0.911. The molecule has 0 bridgehead atoms. The van der Waals surface area contributed by atoms with Crippen molar-refractivity contribution in [1.29, 1.82) is 5.26 Å². The van der Waals surface area contributed by atoms with E-state index in [0.717, 1.165) is 0 Å². The lowest BCUT2D eigenvalue weighted by atomic mass is 10.2. The normalized spacial score (nSPS) is 9.74. The molecule has 0 saturated heterocycles. The third-order valence-electron chi connectivity index (χ3n) is 2.30. The van der Waals surface area contributed by atoms with Crippen molar-refractivity contribution in [2.45, 2.75) is 0 Å². The average Bonchev–Trinajstić information content (AvgIpc) is 2.41. The molecule has 0 aliphatic rings. The van der Waals surface area contributed by atoms with Gasteiger partial charge in [0.05, 0.1) is 17.3 Å². The fourth-order valence-electron chi connectivity index (χ4n) is 1.40. The Labute approximate surface area is 123 Å². The van der Waals surface area contributed by atoms with Gasteiger partial charge < -0.3 is 5.32 Å². The van der Waals surface area contributed by atoms with E-state index in [2.05, 4.69) is 26.2 Å². The molecular weight excluding hydrogens is 330 g/mol. The summed E-state index contributed by atoms with van der Waals surface area (Å²) < 4.78 is 0.627. The first-order valence-corrected chi connectivity index (χ1v) is 6.40. The van der Waals surface area contributed by atoms with Crippen molar-refractivity contribution in [2.24, 2.45) is 0 Å². The summed E-state index contributed by atoms with van der Waals surface area (Å²) >= 11 is 9.09. The van der Waals surface area contributed by atoms with Crippen LogP contribution in [0.5, 0.6) is 0 Å². The summed E-state index contributed by atoms with van der Waals surface area (Å²) in [4.78, 5) is 15.9. The van der Waals surface area contributed by atoms with Crippen LogP contribution in [0.25, 0.3) is 0 Å². The highest BCUT2D eigenvalue weighted by atomic mass is 79.9. The Bertz CT molecular complexity index is 682. The molecule has 0 saturated carbocycles. The van der Waals surface area contributed by atoms with E-state index in [1.165, 1.54) is 12.3 Å². The van der Waals surface area contributed by atoms with Crippen LogP contribution < -0.4 is 5.32 Å². The van der Waals surface area contributed by atoms with Crippen LogP contribution in [0.1, 0.15) is 16.1 Å². The fraction of sp³-hybridized carbons (Fsp3) is 0. The number of pyridine rings is 1. The summed E-state index contributed by atoms with van der Waals surface area (Å²) in [5.74, 6) is -0.368. The molecule has 0 atom stereocenters. The molecule has 2 aromatic rings. The molecule has 0 fully saturated rings. The predicted molar refractivity (Wildman–Crippen MR) is 76.1 cm³/mol. The first-order valence-electron chi connectivity index (χ1n) is 5.22. The predicted octanol–water partition coefficient (Wildman–Crippen LogP) is 3.62. The monoisotopic (exact) mass is 335 g/mol. The van der Waals surface area contributed by atoms with Gasteiger partial charge in [0.1, 0.15) is 5.69 Å². The van der Waals surface area contributed by atoms with Crippen LogP contribution in [0.3, 0.4) is 0 Å². The smallest absolute Gasteiger partial charge is 0.274 e. The molecule has 2 rings (SSSR count). The van der Waals surface area contributed by atoms with Gasteiger partial charge in [-0.05, 0) is 46.3 Å². The lowest BCUT2D eigenvalue weighted by Crippen LogP contribution is -2.13. The molecule has 6 heteroatoms. The zero-order valence-electron chi connectivity index (χ0n) is 9.52. The van der Waals surface area contributed by atoms with Gasteiger partial charge in [0.15, 0.2) is 0 Å². The molecule has 0 aliphatic heterocycles. The molecular formula is C13H7BrClN3O. The Morgan fingerprint density at radius 3 is 2.79 bits per heavy atom. The summed E-state index contributed by atoms with van der Waals surface area (Å²) in [5, 5.41) is 11.9. The lowest BCUT2D eigenvalue weighted by molar-refractivity contribution is 0.102. The van der Waals surface area contributed by atoms with Gasteiger partial charge in [-0.25, -0.2) is 0 Å². The van der Waals surface area contributed by atoms with Gasteiger partial charge in [-0.3, -0.25) is 9.78 Å². The molecule has 0 unspecified atom stereocenters. The zero-order valence-corrected chi connectivity index (χ0v) is 11.9. The standard InChI is InChI=1S/C13H7BrClN3O/c14-10-5-8(7-16)1-2-11(10)18-13(19)12-6-9(15)3-4-17-12/h1-6H,(H,18,19). The van der Waals surface area contributed by atoms with E-state index in [-0.39, 0.29) is 11.6 Å². The minimum atomic E-state index is -0.368. The maximum atomic E-state index is 12.0. The van der Waals surface area contributed by atoms with E-state index < -0.39 is 0 Å². The van der Waals surface area contributed by atoms with Crippen molar-refractivity contribution in [3.05, 3.63) is 57.3 Å². The number of rotatable bonds is 2. The summed E-state index contributed by atoms with van der Waals surface area (Å²) in [7, 11) is 0. The number of nitrogens with zero attached hydrogens (tertiary/aromatic N) is 2. The molecule has 0 aliphatic carbocycles. The van der Waals surface area contributed by atoms with Gasteiger partial charge in [0.2, 0.25) is 0 Å². The lowest BCUT2D eigenvalue weighted by Gasteiger charge is -2.07. The third kappa shape index (κ3) is 3.31. The number of anilines is 1. The van der Waals surface area contributed by atoms with E-state index in [1.807, 2.05) is 6.07 Å². The second kappa shape index (κ2) is 5.83. The molecule has 1 heterocycles. The second-order valence-corrected chi connectivity index (χ2v) is 4.91. The highest BCUT2D eigenvalue weighted by molar-refractivity contribution is 9.10. The van der Waals surface area contributed by atoms with E-state index in [1.54, 1.807) is 24.3 Å². The van der Waals surface area contributed by atoms with Crippen LogP contribution in [0, 0.1) is 11.3 Å². The number of hydrogen-bond acceptors (Lipinski definition) is 3. The molecule has 0 radical (unpaired) electrons. The van der Waals surface area contributed by atoms with Gasteiger partial charge in [-0.1, -0.05) is 11.6 Å². The van der Waals surface area contributed by atoms with Gasteiger partial charge in [0, 0.05) is 15.7 Å². The van der Waals surface area contributed by atoms with Crippen molar-refractivity contribution in [2.75, 3.05) is 5.32 Å². The molecule has 1 aromatic heterocycles. The maximum absolute atomic E-state index is 12.0. The molecule has 94 valence electrons. The Balaban J connectivity index is 2.22. The Kier molecular flexibility index (Phi) is 4.15. The Morgan fingerprint density at radius 1 is 1.37 bits per heavy atom. The van der Waals surface area contributed by atoms with Crippen molar-refractivity contribution < 1.29 is 4.79 Å². The first-order chi connectivity index (χ1) is 9.10. The van der Waals surface area contributed by atoms with Crippen LogP contribution in [0.2, 0.25) is 5.02 Å². The molecule has 1 amide bonds. The first kappa shape index (κ1) is 13.5. The number of amides is 1. The summed E-state index contributed by atoms with van der Waals surface area (Å²) in [5.41, 5.74) is 1.29. The average molecular weight is 337 g/mol. The molecule has 0 spiro atoms. The SMILES string of the molecule is N#Cc1ccc(NC(=O)c2cc(Cl)ccn2)c(Br)c1. The van der Waals surface area contributed by atoms with Crippen LogP contribution in [-0.4, -0.2) is 10.9 Å². The van der Waals surface area contributed by atoms with Crippen LogP contribution >= 0.6 is 27.5 Å². The van der Waals surface area contributed by atoms with Crippen LogP contribution in [-0.2, 0) is 0 Å². The highest BCUT2D eigenvalue weighted by Gasteiger charge is 2.10. The number of halogens is 2. The van der Waals surface area contributed by atoms with E-state index >= 15 is 0 Å². The van der Waals surface area contributed by atoms with E-state index in [4.69, 9.17) is 16.9 Å². The highest BCUT2D eigenvalue weighted by Crippen LogP contribution is 2.24. The number of nitrogens with one attached hydrogen (secondary N) is 1. The summed E-state index contributed by atoms with van der Waals surface area (Å²) in [6.07, 6.45) is 1.46. The van der Waals surface area contributed by atoms with Gasteiger partial charge in [0.25, 0.3) is 5.91 Å². The number of aromatic nitrogens is 1. The molecule has 4 nitrogen and oxygen atoms in total. The topological polar surface area (TPSA) is 65.8 Å². The van der Waals surface area contributed by atoms with Crippen LogP contribution in [0.4, 0.5) is 5.69 Å². The van der Waals surface area contributed by atoms with Gasteiger partial charge in [-0.15, -0.1) is 0 Å². The number of carbonyl (C=O) groups is 1. The fourth-order valence-corrected chi connectivity index (χ4v) is 2.04. The summed E-state index contributed by atoms with van der Waals surface area (Å²) in [6, 6.07) is 9.98. The minimum absolute atomic E-state index is 0.226. The summed E-state index contributed by atoms with van der Waals surface area (Å²) in [6.45, 7) is 0. The number of benzene rings is 1. The van der Waals surface area contributed by atoms with Gasteiger partial charge >= 0.3 is 0 Å². The maximum Gasteiger partial charge on any atom is 0.274 e. The van der Waals surface area contributed by atoms with Crippen molar-refractivity contribution in [3.8, 4) is 6.07 Å². The van der Waals surface area contributed by atoms with E-state index in [0.29, 0.717) is 20.7 Å². The minimum Gasteiger partial charge on any atom is -0.320 e.